The van der Waals surface area contributed by atoms with Crippen molar-refractivity contribution in [2.75, 3.05) is 0 Å². The number of aliphatic imine (C=N–C) groups is 1. The smallest absolute Gasteiger partial charge is 0.319 e. The minimum atomic E-state index is -0.695. The van der Waals surface area contributed by atoms with Gasteiger partial charge in [-0.05, 0) is 110 Å². The van der Waals surface area contributed by atoms with Crippen LogP contribution in [0.4, 0.5) is 0 Å². The highest BCUT2D eigenvalue weighted by molar-refractivity contribution is 6.14. The van der Waals surface area contributed by atoms with Crippen LogP contribution in [-0.4, -0.2) is 35.0 Å². The quantitative estimate of drug-likeness (QED) is 0.348. The molecule has 0 amide bonds. The molecule has 2 aromatic rings. The van der Waals surface area contributed by atoms with E-state index in [1.165, 1.54) is 16.7 Å². The van der Waals surface area contributed by atoms with Gasteiger partial charge in [0.15, 0.2) is 0 Å². The number of dihydropyridines is 1. The highest BCUT2D eigenvalue weighted by Crippen LogP contribution is 2.48. The number of hydrogen-bond acceptors (Lipinski definition) is 6. The second kappa shape index (κ2) is 10.6. The van der Waals surface area contributed by atoms with E-state index in [4.69, 9.17) is 9.73 Å². The van der Waals surface area contributed by atoms with Crippen LogP contribution in [0.25, 0.3) is 5.57 Å². The maximum Gasteiger partial charge on any atom is 0.319 e. The molecule has 194 valence electrons. The second-order valence-corrected chi connectivity index (χ2v) is 10.8. The van der Waals surface area contributed by atoms with Crippen LogP contribution in [0.5, 0.6) is 5.75 Å². The van der Waals surface area contributed by atoms with Crippen molar-refractivity contribution in [1.82, 2.24) is 0 Å². The summed E-state index contributed by atoms with van der Waals surface area (Å²) in [6.45, 7) is 6.25. The van der Waals surface area contributed by atoms with Crippen LogP contribution < -0.4 is 0 Å². The number of hydrogen-bond donors (Lipinski definition) is 1. The Balaban J connectivity index is 1.63. The molecule has 0 aromatic heterocycles. The van der Waals surface area contributed by atoms with Crippen molar-refractivity contribution in [2.45, 2.75) is 89.8 Å². The summed E-state index contributed by atoms with van der Waals surface area (Å²) in [6.07, 6.45) is 5.76. The molecule has 1 heterocycles. The number of benzene rings is 2. The first-order valence-electron chi connectivity index (χ1n) is 13.6. The average Bonchev–Trinajstić information content (AvgIpc) is 3.39. The molecule has 6 heteroatoms. The summed E-state index contributed by atoms with van der Waals surface area (Å²) >= 11 is 0. The lowest BCUT2D eigenvalue weighted by Gasteiger charge is -2.40. The number of phenols is 1. The van der Waals surface area contributed by atoms with Gasteiger partial charge in [0, 0.05) is 5.71 Å². The van der Waals surface area contributed by atoms with Gasteiger partial charge in [-0.1, -0.05) is 42.4 Å². The Labute approximate surface area is 218 Å². The zero-order valence-corrected chi connectivity index (χ0v) is 21.9. The van der Waals surface area contributed by atoms with Gasteiger partial charge in [-0.2, -0.15) is 4.91 Å². The number of rotatable bonds is 6. The van der Waals surface area contributed by atoms with E-state index in [1.54, 1.807) is 18.2 Å². The van der Waals surface area contributed by atoms with Crippen molar-refractivity contribution < 1.29 is 14.6 Å². The molecular formula is C31H36N2O4. The highest BCUT2D eigenvalue weighted by atomic mass is 16.5. The first-order chi connectivity index (χ1) is 17.9. The minimum Gasteiger partial charge on any atom is -0.508 e. The molecule has 0 bridgehead atoms. The van der Waals surface area contributed by atoms with Crippen LogP contribution in [0, 0.1) is 24.7 Å². The molecule has 5 rings (SSSR count). The molecule has 0 spiro atoms. The van der Waals surface area contributed by atoms with E-state index < -0.39 is 12.0 Å². The van der Waals surface area contributed by atoms with Crippen molar-refractivity contribution in [3.8, 4) is 5.75 Å². The molecule has 2 aliphatic carbocycles. The van der Waals surface area contributed by atoms with Crippen molar-refractivity contribution in [2.24, 2.45) is 16.1 Å². The van der Waals surface area contributed by atoms with E-state index in [1.807, 2.05) is 13.0 Å². The molecule has 3 aliphatic rings. The summed E-state index contributed by atoms with van der Waals surface area (Å²) in [6, 6.07) is 12.4. The molecular weight excluding hydrogens is 464 g/mol. The van der Waals surface area contributed by atoms with Crippen LogP contribution in [0.1, 0.15) is 80.0 Å². The maximum atomic E-state index is 13.7. The summed E-state index contributed by atoms with van der Waals surface area (Å²) in [4.78, 5) is 31.3. The summed E-state index contributed by atoms with van der Waals surface area (Å²) in [5.74, 6) is -0.740. The fourth-order valence-corrected chi connectivity index (χ4v) is 6.80. The molecule has 4 atom stereocenters. The number of aromatic hydroxyl groups is 1. The van der Waals surface area contributed by atoms with Gasteiger partial charge >= 0.3 is 5.97 Å². The van der Waals surface area contributed by atoms with E-state index in [-0.39, 0.29) is 29.8 Å². The molecule has 0 saturated heterocycles. The summed E-state index contributed by atoms with van der Waals surface area (Å²) < 4.78 is 6.01. The van der Waals surface area contributed by atoms with Crippen molar-refractivity contribution in [3.05, 3.63) is 75.2 Å². The Morgan fingerprint density at radius 1 is 1.08 bits per heavy atom. The number of fused-ring (bicyclic) bond motifs is 1. The van der Waals surface area contributed by atoms with E-state index >= 15 is 0 Å². The third-order valence-electron chi connectivity index (χ3n) is 8.41. The van der Waals surface area contributed by atoms with Crippen molar-refractivity contribution in [1.29, 1.82) is 0 Å². The van der Waals surface area contributed by atoms with Crippen molar-refractivity contribution >= 4 is 17.3 Å². The minimum absolute atomic E-state index is 0.0708. The van der Waals surface area contributed by atoms with Gasteiger partial charge in [0.25, 0.3) is 0 Å². The van der Waals surface area contributed by atoms with E-state index in [0.29, 0.717) is 12.8 Å². The molecule has 0 radical (unpaired) electrons. The van der Waals surface area contributed by atoms with E-state index in [2.05, 4.69) is 37.2 Å². The molecule has 2 aromatic carbocycles. The molecule has 1 N–H and O–H groups in total. The lowest BCUT2D eigenvalue weighted by molar-refractivity contribution is -0.149. The number of ether oxygens (including phenoxy) is 1. The normalized spacial score (nSPS) is 26.0. The fraction of sp³-hybridized carbons (Fsp3) is 0.484. The van der Waals surface area contributed by atoms with Crippen LogP contribution >= 0.6 is 0 Å². The lowest BCUT2D eigenvalue weighted by Crippen LogP contribution is -2.40. The van der Waals surface area contributed by atoms with E-state index in [9.17, 15) is 14.8 Å². The largest absolute Gasteiger partial charge is 0.508 e. The van der Waals surface area contributed by atoms with Crippen LogP contribution in [0.2, 0.25) is 0 Å². The molecule has 4 unspecified atom stereocenters. The first kappa shape index (κ1) is 25.4. The summed E-state index contributed by atoms with van der Waals surface area (Å²) in [5, 5.41) is 14.0. The summed E-state index contributed by atoms with van der Waals surface area (Å²) in [7, 11) is 0. The van der Waals surface area contributed by atoms with Crippen LogP contribution in [0.3, 0.4) is 0 Å². The van der Waals surface area contributed by atoms with E-state index in [0.717, 1.165) is 54.5 Å². The number of carbonyl (C=O) groups is 1. The molecule has 1 aliphatic heterocycles. The second-order valence-electron chi connectivity index (χ2n) is 10.8. The third-order valence-corrected chi connectivity index (χ3v) is 8.41. The molecule has 37 heavy (non-hydrogen) atoms. The van der Waals surface area contributed by atoms with Gasteiger partial charge in [0.2, 0.25) is 0 Å². The highest BCUT2D eigenvalue weighted by Gasteiger charge is 2.45. The Kier molecular flexibility index (Phi) is 7.27. The van der Waals surface area contributed by atoms with Gasteiger partial charge in [-0.3, -0.25) is 9.79 Å². The number of aryl methyl sites for hydroxylation is 2. The third kappa shape index (κ3) is 4.86. The SMILES string of the molecule is CCC1=NC2CC(c3c(C)cccc3C)CC(N=O)C2=C(c2cccc(O)c2)C1C(=O)OC1CCCC1. The van der Waals surface area contributed by atoms with Gasteiger partial charge in [0.05, 0.1) is 6.04 Å². The number of nitrogens with zero attached hydrogens (tertiary/aromatic N) is 2. The number of carbonyl (C=O) groups excluding carboxylic acids is 1. The predicted octanol–water partition coefficient (Wildman–Crippen LogP) is 6.81. The van der Waals surface area contributed by atoms with Gasteiger partial charge in [0.1, 0.15) is 23.8 Å². The zero-order chi connectivity index (χ0) is 26.1. The van der Waals surface area contributed by atoms with Crippen LogP contribution in [-0.2, 0) is 9.53 Å². The lowest BCUT2D eigenvalue weighted by atomic mass is 9.68. The van der Waals surface area contributed by atoms with Gasteiger partial charge in [-0.15, -0.1) is 0 Å². The Morgan fingerprint density at radius 3 is 2.43 bits per heavy atom. The number of esters is 1. The fourth-order valence-electron chi connectivity index (χ4n) is 6.80. The molecule has 2 fully saturated rings. The maximum absolute atomic E-state index is 13.7. The number of phenolic OH excluding ortho intramolecular Hbond substituents is 1. The van der Waals surface area contributed by atoms with Crippen LogP contribution in [0.15, 0.2) is 58.2 Å². The van der Waals surface area contributed by atoms with Gasteiger partial charge < -0.3 is 9.84 Å². The Bertz CT molecular complexity index is 1240. The Morgan fingerprint density at radius 2 is 1.78 bits per heavy atom. The average molecular weight is 501 g/mol. The van der Waals surface area contributed by atoms with Gasteiger partial charge in [-0.25, -0.2) is 0 Å². The topological polar surface area (TPSA) is 88.3 Å². The standard InChI is InChI=1S/C31H36N2O4/c1-4-24-30(31(35)37-23-13-5-6-14-23)28(20-11-8-12-22(34)15-20)29-25(32-24)16-21(17-26(29)33-36)27-18(2)9-7-10-19(27)3/h7-12,15,21,23,25-26,30,34H,4-6,13-14,16-17H2,1-3H3. The molecule has 6 nitrogen and oxygen atoms in total. The Hall–Kier alpha value is -3.28. The zero-order valence-electron chi connectivity index (χ0n) is 21.9. The summed E-state index contributed by atoms with van der Waals surface area (Å²) in [5.41, 5.74) is 6.77. The predicted molar refractivity (Wildman–Crippen MR) is 146 cm³/mol. The molecule has 2 saturated carbocycles. The van der Waals surface area contributed by atoms with Crippen molar-refractivity contribution in [3.63, 3.8) is 0 Å². The first-order valence-corrected chi connectivity index (χ1v) is 13.6. The monoisotopic (exact) mass is 500 g/mol. The number of nitroso groups, excluding NO2 is 1.